The van der Waals surface area contributed by atoms with E-state index in [1.54, 1.807) is 28.5 Å². The van der Waals surface area contributed by atoms with Crippen LogP contribution in [-0.4, -0.2) is 54.2 Å². The van der Waals surface area contributed by atoms with Gasteiger partial charge >= 0.3 is 0 Å². The van der Waals surface area contributed by atoms with Gasteiger partial charge in [-0.2, -0.15) is 15.1 Å². The van der Waals surface area contributed by atoms with Gasteiger partial charge in [-0.05, 0) is 19.4 Å². The second kappa shape index (κ2) is 9.64. The van der Waals surface area contributed by atoms with E-state index in [1.165, 1.54) is 6.20 Å². The fourth-order valence-electron chi connectivity index (χ4n) is 4.07. The number of nitrogens with one attached hydrogen (secondary N) is 1. The number of allylic oxidation sites excluding steroid dienone is 1. The summed E-state index contributed by atoms with van der Waals surface area (Å²) >= 11 is 6.73. The van der Waals surface area contributed by atoms with Crippen LogP contribution >= 0.6 is 11.6 Å². The molecule has 194 valence electrons. The van der Waals surface area contributed by atoms with E-state index in [2.05, 4.69) is 51.1 Å². The average Bonchev–Trinajstić information content (AvgIpc) is 3.54. The van der Waals surface area contributed by atoms with Gasteiger partial charge in [0.1, 0.15) is 16.4 Å². The Hall–Kier alpha value is -3.70. The molecule has 0 bridgehead atoms. The average molecular weight is 524 g/mol. The van der Waals surface area contributed by atoms with E-state index in [0.29, 0.717) is 46.1 Å². The molecule has 0 amide bonds. The first-order valence-electron chi connectivity index (χ1n) is 12.0. The monoisotopic (exact) mass is 523 g/mol. The minimum Gasteiger partial charge on any atom is -0.451 e. The van der Waals surface area contributed by atoms with Crippen LogP contribution in [0.5, 0.6) is 11.5 Å². The lowest BCUT2D eigenvalue weighted by atomic mass is 9.90. The molecule has 0 radical (unpaired) electrons. The van der Waals surface area contributed by atoms with Crippen molar-refractivity contribution in [3.8, 4) is 11.5 Å². The molecule has 0 saturated carbocycles. The summed E-state index contributed by atoms with van der Waals surface area (Å²) < 4.78 is 14.9. The number of aryl methyl sites for hydroxylation is 2. The third-order valence-electron chi connectivity index (χ3n) is 6.04. The number of pyridine rings is 1. The van der Waals surface area contributed by atoms with Crippen LogP contribution in [0.2, 0.25) is 5.02 Å². The van der Waals surface area contributed by atoms with Crippen molar-refractivity contribution in [2.45, 2.75) is 40.2 Å². The second-order valence-electron chi connectivity index (χ2n) is 10.1. The van der Waals surface area contributed by atoms with Crippen molar-refractivity contribution < 1.29 is 9.47 Å². The molecule has 0 aliphatic carbocycles. The van der Waals surface area contributed by atoms with Crippen LogP contribution in [-0.2, 0) is 11.8 Å². The Morgan fingerprint density at radius 3 is 2.86 bits per heavy atom. The number of ether oxygens (including phenoxy) is 2. The highest BCUT2D eigenvalue weighted by Gasteiger charge is 2.23. The summed E-state index contributed by atoms with van der Waals surface area (Å²) in [6, 6.07) is 2.13. The molecule has 1 aliphatic heterocycles. The van der Waals surface area contributed by atoms with Gasteiger partial charge in [-0.3, -0.25) is 0 Å². The minimum atomic E-state index is -0.154. The largest absolute Gasteiger partial charge is 0.451 e. The van der Waals surface area contributed by atoms with Crippen LogP contribution in [0.4, 0.5) is 5.95 Å². The van der Waals surface area contributed by atoms with Gasteiger partial charge in [0, 0.05) is 30.8 Å². The van der Waals surface area contributed by atoms with Gasteiger partial charge in [0.25, 0.3) is 0 Å². The van der Waals surface area contributed by atoms with Crippen LogP contribution < -0.4 is 15.8 Å². The number of fused-ring (bicyclic) bond motifs is 2. The van der Waals surface area contributed by atoms with E-state index in [9.17, 15) is 0 Å². The van der Waals surface area contributed by atoms with Crippen molar-refractivity contribution in [1.82, 2.24) is 34.4 Å². The van der Waals surface area contributed by atoms with Gasteiger partial charge in [0.15, 0.2) is 22.8 Å². The van der Waals surface area contributed by atoms with E-state index in [-0.39, 0.29) is 11.5 Å². The zero-order valence-electron chi connectivity index (χ0n) is 21.5. The minimum absolute atomic E-state index is 0.154. The fourth-order valence-corrected chi connectivity index (χ4v) is 4.37. The maximum atomic E-state index is 6.73. The van der Waals surface area contributed by atoms with E-state index in [0.717, 1.165) is 30.1 Å². The Morgan fingerprint density at radius 1 is 1.32 bits per heavy atom. The number of hydrogen-bond donors (Lipinski definition) is 2. The fraction of sp³-hybridized carbons (Fsp3) is 0.400. The second-order valence-corrected chi connectivity index (χ2v) is 10.5. The van der Waals surface area contributed by atoms with Crippen LogP contribution in [0, 0.1) is 12.3 Å². The SMILES string of the molecule is Cc1cc2ncc(Oc3cnc4nc(N=C(N)/C=C(\N[C@@H]5CCOC5)C(C)(C)C)n(C)c4c3Cl)cn2n1. The first-order valence-corrected chi connectivity index (χ1v) is 12.4. The molecule has 4 aromatic rings. The maximum absolute atomic E-state index is 6.73. The van der Waals surface area contributed by atoms with E-state index >= 15 is 0 Å². The molecule has 0 spiro atoms. The molecule has 0 unspecified atom stereocenters. The Kier molecular flexibility index (Phi) is 6.50. The molecule has 1 fully saturated rings. The van der Waals surface area contributed by atoms with Crippen molar-refractivity contribution in [3.63, 3.8) is 0 Å². The topological polar surface area (TPSA) is 130 Å². The van der Waals surface area contributed by atoms with Crippen molar-refractivity contribution in [3.05, 3.63) is 47.1 Å². The zero-order valence-corrected chi connectivity index (χ0v) is 22.2. The Bertz CT molecular complexity index is 1520. The highest BCUT2D eigenvalue weighted by molar-refractivity contribution is 6.36. The number of nitrogens with two attached hydrogens (primary N) is 1. The highest BCUT2D eigenvalue weighted by atomic mass is 35.5. The Balaban J connectivity index is 1.44. The van der Waals surface area contributed by atoms with E-state index < -0.39 is 0 Å². The summed E-state index contributed by atoms with van der Waals surface area (Å²) in [5.41, 5.74) is 9.77. The zero-order chi connectivity index (χ0) is 26.3. The van der Waals surface area contributed by atoms with Crippen molar-refractivity contribution in [1.29, 1.82) is 0 Å². The van der Waals surface area contributed by atoms with Gasteiger partial charge in [-0.15, -0.1) is 0 Å². The smallest absolute Gasteiger partial charge is 0.233 e. The third-order valence-corrected chi connectivity index (χ3v) is 6.40. The molecule has 1 saturated heterocycles. The van der Waals surface area contributed by atoms with Gasteiger partial charge in [-0.1, -0.05) is 32.4 Å². The molecule has 5 rings (SSSR count). The lowest BCUT2D eigenvalue weighted by Crippen LogP contribution is -2.35. The standard InChI is InChI=1S/C25H30ClN9O2/c1-14-8-20-28-10-16(12-35(20)33-14)37-17-11-29-23-22(21(17)26)34(5)24(32-23)31-19(27)9-18(25(2,3)4)30-15-6-7-36-13-15/h8-12,15,30H,6-7,13H2,1-5H3,(H2,27,29,31,32)/b18-9-/t15-/m1/s1. The molecular weight excluding hydrogens is 494 g/mol. The summed E-state index contributed by atoms with van der Waals surface area (Å²) in [4.78, 5) is 17.9. The molecular formula is C25H30ClN9O2. The number of nitrogens with zero attached hydrogens (tertiary/aromatic N) is 7. The van der Waals surface area contributed by atoms with Crippen molar-refractivity contribution in [2.75, 3.05) is 13.2 Å². The van der Waals surface area contributed by atoms with Crippen molar-refractivity contribution >= 4 is 40.2 Å². The quantitative estimate of drug-likeness (QED) is 0.286. The van der Waals surface area contributed by atoms with Gasteiger partial charge in [0.2, 0.25) is 5.95 Å². The van der Waals surface area contributed by atoms with Crippen LogP contribution in [0.1, 0.15) is 32.9 Å². The van der Waals surface area contributed by atoms with Crippen LogP contribution in [0.25, 0.3) is 16.8 Å². The lowest BCUT2D eigenvalue weighted by molar-refractivity contribution is 0.190. The number of aromatic nitrogens is 6. The lowest BCUT2D eigenvalue weighted by Gasteiger charge is -2.27. The summed E-state index contributed by atoms with van der Waals surface area (Å²) in [5, 5.41) is 8.27. The summed E-state index contributed by atoms with van der Waals surface area (Å²) in [6.07, 6.45) is 7.68. The summed E-state index contributed by atoms with van der Waals surface area (Å²) in [6.45, 7) is 9.70. The number of imidazole rings is 1. The maximum Gasteiger partial charge on any atom is 0.233 e. The number of aliphatic imine (C=N–C) groups is 1. The number of hydrogen-bond acceptors (Lipinski definition) is 8. The summed E-state index contributed by atoms with van der Waals surface area (Å²) in [7, 11) is 1.81. The molecule has 5 heterocycles. The predicted molar refractivity (Wildman–Crippen MR) is 142 cm³/mol. The molecule has 12 heteroatoms. The normalized spacial score (nSPS) is 17.2. The Morgan fingerprint density at radius 2 is 2.14 bits per heavy atom. The first-order chi connectivity index (χ1) is 17.6. The molecule has 1 aliphatic rings. The molecule has 1 atom stereocenters. The molecule has 3 N–H and O–H groups in total. The molecule has 11 nitrogen and oxygen atoms in total. The van der Waals surface area contributed by atoms with Crippen molar-refractivity contribution in [2.24, 2.45) is 23.2 Å². The van der Waals surface area contributed by atoms with Crippen LogP contribution in [0.3, 0.4) is 0 Å². The molecule has 37 heavy (non-hydrogen) atoms. The van der Waals surface area contributed by atoms with Gasteiger partial charge < -0.3 is 25.1 Å². The van der Waals surface area contributed by atoms with E-state index in [4.69, 9.17) is 26.8 Å². The third kappa shape index (κ3) is 5.23. The summed E-state index contributed by atoms with van der Waals surface area (Å²) in [5.74, 6) is 1.53. The first kappa shape index (κ1) is 25.0. The van der Waals surface area contributed by atoms with E-state index in [1.807, 2.05) is 19.1 Å². The number of halogens is 1. The number of amidine groups is 1. The highest BCUT2D eigenvalue weighted by Crippen LogP contribution is 2.35. The van der Waals surface area contributed by atoms with Gasteiger partial charge in [-0.25, -0.2) is 14.5 Å². The van der Waals surface area contributed by atoms with Gasteiger partial charge in [0.05, 0.1) is 36.9 Å². The predicted octanol–water partition coefficient (Wildman–Crippen LogP) is 4.06. The number of rotatable bonds is 6. The molecule has 4 aromatic heterocycles. The Labute approximate surface area is 219 Å². The molecule has 0 aromatic carbocycles. The van der Waals surface area contributed by atoms with Crippen LogP contribution in [0.15, 0.2) is 41.4 Å².